The number of ether oxygens (including phenoxy) is 1. The zero-order chi connectivity index (χ0) is 22.1. The number of hydrogen-bond acceptors (Lipinski definition) is 5. The van der Waals surface area contributed by atoms with Crippen LogP contribution in [-0.4, -0.2) is 30.0 Å². The van der Waals surface area contributed by atoms with E-state index in [2.05, 4.69) is 5.32 Å². The van der Waals surface area contributed by atoms with E-state index in [-0.39, 0.29) is 39.3 Å². The number of nitrogens with one attached hydrogen (secondary N) is 1. The Morgan fingerprint density at radius 1 is 0.903 bits per heavy atom. The number of fused-ring (bicyclic) bond motifs is 2. The maximum absolute atomic E-state index is 13.6. The minimum absolute atomic E-state index is 0.0442. The number of halogens is 1. The van der Waals surface area contributed by atoms with Crippen molar-refractivity contribution in [1.82, 2.24) is 0 Å². The summed E-state index contributed by atoms with van der Waals surface area (Å²) in [5.41, 5.74) is 1.10. The van der Waals surface area contributed by atoms with Gasteiger partial charge in [0.05, 0.1) is 5.56 Å². The Kier molecular flexibility index (Phi) is 5.17. The van der Waals surface area contributed by atoms with E-state index < -0.39 is 30.1 Å². The Labute approximate surface area is 176 Å². The summed E-state index contributed by atoms with van der Waals surface area (Å²) < 4.78 is 18.6. The first kappa shape index (κ1) is 20.2. The molecule has 6 nitrogen and oxygen atoms in total. The maximum Gasteiger partial charge on any atom is 0.339 e. The molecule has 0 aliphatic heterocycles. The molecule has 3 aromatic carbocycles. The smallest absolute Gasteiger partial charge is 0.339 e. The fraction of sp³-hybridized carbons (Fsp3) is 0.0833. The number of aryl methyl sites for hydroxylation is 1. The van der Waals surface area contributed by atoms with Crippen LogP contribution in [0, 0.1) is 12.7 Å². The average molecular weight is 417 g/mol. The third kappa shape index (κ3) is 3.73. The molecule has 0 saturated heterocycles. The Bertz CT molecular complexity index is 1260. The highest BCUT2D eigenvalue weighted by molar-refractivity contribution is 6.30. The molecule has 1 aliphatic carbocycles. The van der Waals surface area contributed by atoms with Gasteiger partial charge in [0.25, 0.3) is 5.91 Å². The van der Waals surface area contributed by atoms with Gasteiger partial charge in [-0.15, -0.1) is 0 Å². The van der Waals surface area contributed by atoms with Gasteiger partial charge in [-0.05, 0) is 30.7 Å². The van der Waals surface area contributed by atoms with Crippen LogP contribution >= 0.6 is 0 Å². The summed E-state index contributed by atoms with van der Waals surface area (Å²) in [6, 6.07) is 14.9. The van der Waals surface area contributed by atoms with Gasteiger partial charge in [0.2, 0.25) is 0 Å². The Morgan fingerprint density at radius 2 is 1.58 bits per heavy atom. The van der Waals surface area contributed by atoms with Crippen LogP contribution in [-0.2, 0) is 9.53 Å². The molecule has 0 bridgehead atoms. The van der Waals surface area contributed by atoms with Gasteiger partial charge in [0.1, 0.15) is 5.82 Å². The standard InChI is InChI=1S/C24H16FNO5/c1-13-9-10-14(11-19(13)25)26-20(27)12-31-24(30)18-8-4-7-17-21(18)23(29)16-6-3-2-5-15(16)22(17)28/h2-11H,12H2,1H3,(H,26,27). The van der Waals surface area contributed by atoms with E-state index in [1.54, 1.807) is 25.1 Å². The number of amides is 1. The molecule has 1 N–H and O–H groups in total. The number of rotatable bonds is 4. The molecule has 0 fully saturated rings. The number of ketones is 2. The van der Waals surface area contributed by atoms with E-state index in [9.17, 15) is 23.6 Å². The van der Waals surface area contributed by atoms with Crippen LogP contribution in [0.15, 0.2) is 60.7 Å². The first-order valence-corrected chi connectivity index (χ1v) is 9.41. The topological polar surface area (TPSA) is 89.5 Å². The molecule has 1 amide bonds. The molecule has 3 aromatic rings. The van der Waals surface area contributed by atoms with Gasteiger partial charge in [-0.3, -0.25) is 14.4 Å². The lowest BCUT2D eigenvalue weighted by molar-refractivity contribution is -0.119. The van der Waals surface area contributed by atoms with Gasteiger partial charge in [-0.1, -0.05) is 42.5 Å². The molecule has 0 unspecified atom stereocenters. The normalized spacial score (nSPS) is 12.1. The highest BCUT2D eigenvalue weighted by atomic mass is 19.1. The van der Waals surface area contributed by atoms with Crippen LogP contribution in [0.5, 0.6) is 0 Å². The van der Waals surface area contributed by atoms with Gasteiger partial charge >= 0.3 is 5.97 Å². The van der Waals surface area contributed by atoms with Gasteiger partial charge in [0.15, 0.2) is 18.2 Å². The second kappa shape index (κ2) is 7.95. The van der Waals surface area contributed by atoms with E-state index in [4.69, 9.17) is 4.74 Å². The molecule has 4 rings (SSSR count). The van der Waals surface area contributed by atoms with Crippen molar-refractivity contribution in [2.45, 2.75) is 6.92 Å². The van der Waals surface area contributed by atoms with Gasteiger partial charge in [-0.2, -0.15) is 0 Å². The third-order valence-electron chi connectivity index (χ3n) is 4.96. The minimum atomic E-state index is -0.914. The second-order valence-electron chi connectivity index (χ2n) is 7.02. The van der Waals surface area contributed by atoms with Crippen LogP contribution < -0.4 is 5.32 Å². The van der Waals surface area contributed by atoms with Crippen LogP contribution in [0.1, 0.15) is 47.8 Å². The van der Waals surface area contributed by atoms with Crippen molar-refractivity contribution in [3.05, 3.63) is 99.9 Å². The summed E-state index contributed by atoms with van der Waals surface area (Å²) in [5, 5.41) is 2.43. The predicted octanol–water partition coefficient (Wildman–Crippen LogP) is 3.71. The van der Waals surface area contributed by atoms with E-state index >= 15 is 0 Å². The van der Waals surface area contributed by atoms with Crippen LogP contribution in [0.25, 0.3) is 0 Å². The van der Waals surface area contributed by atoms with Crippen molar-refractivity contribution < 1.29 is 28.3 Å². The first-order valence-electron chi connectivity index (χ1n) is 9.41. The van der Waals surface area contributed by atoms with E-state index in [0.29, 0.717) is 5.56 Å². The van der Waals surface area contributed by atoms with Gasteiger partial charge in [0, 0.05) is 27.9 Å². The number of anilines is 1. The molecule has 0 spiro atoms. The molecular weight excluding hydrogens is 401 g/mol. The fourth-order valence-corrected chi connectivity index (χ4v) is 3.39. The highest BCUT2D eigenvalue weighted by Crippen LogP contribution is 2.29. The molecule has 31 heavy (non-hydrogen) atoms. The third-order valence-corrected chi connectivity index (χ3v) is 4.96. The van der Waals surface area contributed by atoms with E-state index in [1.165, 1.54) is 36.4 Å². The van der Waals surface area contributed by atoms with Crippen molar-refractivity contribution in [3.8, 4) is 0 Å². The second-order valence-corrected chi connectivity index (χ2v) is 7.02. The molecule has 1 aliphatic rings. The lowest BCUT2D eigenvalue weighted by Crippen LogP contribution is -2.26. The minimum Gasteiger partial charge on any atom is -0.452 e. The summed E-state index contributed by atoms with van der Waals surface area (Å²) in [6.45, 7) is 0.949. The average Bonchev–Trinajstić information content (AvgIpc) is 2.78. The van der Waals surface area contributed by atoms with Crippen molar-refractivity contribution >= 4 is 29.1 Å². The number of benzene rings is 3. The van der Waals surface area contributed by atoms with Crippen molar-refractivity contribution in [2.24, 2.45) is 0 Å². The van der Waals surface area contributed by atoms with Crippen LogP contribution in [0.4, 0.5) is 10.1 Å². The summed E-state index contributed by atoms with van der Waals surface area (Å²) in [6.07, 6.45) is 0. The van der Waals surface area contributed by atoms with Crippen molar-refractivity contribution in [3.63, 3.8) is 0 Å². The van der Waals surface area contributed by atoms with Gasteiger partial charge < -0.3 is 10.1 Å². The number of carbonyl (C=O) groups is 4. The largest absolute Gasteiger partial charge is 0.452 e. The molecule has 0 aromatic heterocycles. The highest BCUT2D eigenvalue weighted by Gasteiger charge is 2.33. The monoisotopic (exact) mass is 417 g/mol. The summed E-state index contributed by atoms with van der Waals surface area (Å²) in [5.74, 6) is -2.89. The number of hydrogen-bond donors (Lipinski definition) is 1. The van der Waals surface area contributed by atoms with Crippen molar-refractivity contribution in [1.29, 1.82) is 0 Å². The Hall–Kier alpha value is -4.13. The summed E-state index contributed by atoms with van der Waals surface area (Å²) in [4.78, 5) is 50.4. The Balaban J connectivity index is 1.52. The first-order chi connectivity index (χ1) is 14.9. The molecule has 7 heteroatoms. The number of carbonyl (C=O) groups excluding carboxylic acids is 4. The number of esters is 1. The zero-order valence-electron chi connectivity index (χ0n) is 16.4. The molecule has 0 heterocycles. The lowest BCUT2D eigenvalue weighted by atomic mass is 9.82. The van der Waals surface area contributed by atoms with E-state index in [1.807, 2.05) is 0 Å². The maximum atomic E-state index is 13.6. The van der Waals surface area contributed by atoms with Crippen LogP contribution in [0.2, 0.25) is 0 Å². The van der Waals surface area contributed by atoms with E-state index in [0.717, 1.165) is 6.07 Å². The summed E-state index contributed by atoms with van der Waals surface area (Å²) in [7, 11) is 0. The molecule has 0 saturated carbocycles. The summed E-state index contributed by atoms with van der Waals surface area (Å²) >= 11 is 0. The molecule has 0 atom stereocenters. The van der Waals surface area contributed by atoms with Gasteiger partial charge in [-0.25, -0.2) is 9.18 Å². The van der Waals surface area contributed by atoms with Crippen molar-refractivity contribution in [2.75, 3.05) is 11.9 Å². The molecular formula is C24H16FNO5. The lowest BCUT2D eigenvalue weighted by Gasteiger charge is -2.19. The molecule has 154 valence electrons. The fourth-order valence-electron chi connectivity index (χ4n) is 3.39. The molecule has 0 radical (unpaired) electrons. The van der Waals surface area contributed by atoms with Crippen LogP contribution in [0.3, 0.4) is 0 Å². The zero-order valence-corrected chi connectivity index (χ0v) is 16.4. The quantitative estimate of drug-likeness (QED) is 0.512. The Morgan fingerprint density at radius 3 is 2.29 bits per heavy atom. The predicted molar refractivity (Wildman–Crippen MR) is 110 cm³/mol. The SMILES string of the molecule is Cc1ccc(NC(=O)COC(=O)c2cccc3c2C(=O)c2ccccc2C3=O)cc1F.